The van der Waals surface area contributed by atoms with Gasteiger partial charge in [0.25, 0.3) is 10.0 Å². The minimum Gasteiger partial charge on any atom is -0.488 e. The van der Waals surface area contributed by atoms with Crippen LogP contribution in [0.3, 0.4) is 0 Å². The number of aromatic nitrogens is 3. The van der Waals surface area contributed by atoms with Gasteiger partial charge in [0, 0.05) is 32.5 Å². The van der Waals surface area contributed by atoms with Crippen molar-refractivity contribution in [3.8, 4) is 5.75 Å². The van der Waals surface area contributed by atoms with Gasteiger partial charge in [-0.3, -0.25) is 0 Å². The van der Waals surface area contributed by atoms with Crippen molar-refractivity contribution in [2.75, 3.05) is 26.3 Å². The van der Waals surface area contributed by atoms with Crippen molar-refractivity contribution in [3.63, 3.8) is 0 Å². The first-order valence-electron chi connectivity index (χ1n) is 7.30. The SMILES string of the molecule is Cn1cnc(S(=O)(=O)N2CCOC(COc3cccnc3Cl)C2)c1. The molecule has 3 heterocycles. The number of rotatable bonds is 5. The molecule has 2 aromatic rings. The smallest absolute Gasteiger partial charge is 0.262 e. The third-order valence-corrected chi connectivity index (χ3v) is 5.57. The van der Waals surface area contributed by atoms with Crippen molar-refractivity contribution in [1.82, 2.24) is 18.8 Å². The molecule has 2 aromatic heterocycles. The number of imidazole rings is 1. The topological polar surface area (TPSA) is 86.6 Å². The van der Waals surface area contributed by atoms with Crippen LogP contribution >= 0.6 is 11.6 Å². The van der Waals surface area contributed by atoms with E-state index >= 15 is 0 Å². The maximum Gasteiger partial charge on any atom is 0.262 e. The summed E-state index contributed by atoms with van der Waals surface area (Å²) in [5.41, 5.74) is 0. The highest BCUT2D eigenvalue weighted by atomic mass is 35.5. The molecule has 0 aliphatic carbocycles. The van der Waals surface area contributed by atoms with Crippen LogP contribution in [0.1, 0.15) is 0 Å². The Morgan fingerprint density at radius 1 is 1.46 bits per heavy atom. The molecule has 1 saturated heterocycles. The molecule has 1 aliphatic heterocycles. The summed E-state index contributed by atoms with van der Waals surface area (Å²) in [5.74, 6) is 0.437. The molecule has 0 saturated carbocycles. The maximum absolute atomic E-state index is 12.6. The molecule has 0 amide bonds. The van der Waals surface area contributed by atoms with Crippen LogP contribution in [0, 0.1) is 0 Å². The van der Waals surface area contributed by atoms with E-state index in [1.807, 2.05) is 0 Å². The summed E-state index contributed by atoms with van der Waals surface area (Å²) in [4.78, 5) is 7.85. The first kappa shape index (κ1) is 17.2. The van der Waals surface area contributed by atoms with Crippen LogP contribution in [0.15, 0.2) is 35.9 Å². The van der Waals surface area contributed by atoms with E-state index in [0.717, 1.165) is 0 Å². The van der Waals surface area contributed by atoms with Gasteiger partial charge in [0.15, 0.2) is 15.9 Å². The Bertz CT molecular complexity index is 811. The van der Waals surface area contributed by atoms with Gasteiger partial charge in [0.1, 0.15) is 12.7 Å². The molecule has 10 heteroatoms. The highest BCUT2D eigenvalue weighted by Crippen LogP contribution is 2.22. The van der Waals surface area contributed by atoms with Crippen LogP contribution in [0.25, 0.3) is 0 Å². The molecule has 1 fully saturated rings. The molecule has 0 spiro atoms. The third kappa shape index (κ3) is 3.69. The number of hydrogen-bond acceptors (Lipinski definition) is 6. The Kier molecular flexibility index (Phi) is 5.04. The zero-order valence-corrected chi connectivity index (χ0v) is 14.6. The number of morpholine rings is 1. The molecular formula is C14H17ClN4O4S. The quantitative estimate of drug-likeness (QED) is 0.726. The molecular weight excluding hydrogens is 356 g/mol. The molecule has 3 rings (SSSR count). The number of sulfonamides is 1. The number of halogens is 1. The Balaban J connectivity index is 1.65. The second-order valence-corrected chi connectivity index (χ2v) is 7.58. The fourth-order valence-corrected chi connectivity index (χ4v) is 3.92. The second kappa shape index (κ2) is 7.06. The lowest BCUT2D eigenvalue weighted by Gasteiger charge is -2.31. The lowest BCUT2D eigenvalue weighted by Crippen LogP contribution is -2.47. The van der Waals surface area contributed by atoms with Gasteiger partial charge in [-0.2, -0.15) is 4.31 Å². The van der Waals surface area contributed by atoms with E-state index in [-0.39, 0.29) is 29.9 Å². The van der Waals surface area contributed by atoms with Crippen molar-refractivity contribution >= 4 is 21.6 Å². The highest BCUT2D eigenvalue weighted by Gasteiger charge is 2.32. The summed E-state index contributed by atoms with van der Waals surface area (Å²) in [7, 11) is -1.92. The largest absolute Gasteiger partial charge is 0.488 e. The van der Waals surface area contributed by atoms with Crippen LogP contribution in [-0.4, -0.2) is 59.7 Å². The van der Waals surface area contributed by atoms with Gasteiger partial charge < -0.3 is 14.0 Å². The monoisotopic (exact) mass is 372 g/mol. The van der Waals surface area contributed by atoms with Crippen LogP contribution in [0.5, 0.6) is 5.75 Å². The predicted molar refractivity (Wildman–Crippen MR) is 86.4 cm³/mol. The summed E-state index contributed by atoms with van der Waals surface area (Å²) in [6, 6.07) is 3.40. The zero-order chi connectivity index (χ0) is 17.2. The summed E-state index contributed by atoms with van der Waals surface area (Å²) < 4.78 is 39.3. The van der Waals surface area contributed by atoms with Crippen LogP contribution in [0.4, 0.5) is 0 Å². The van der Waals surface area contributed by atoms with Crippen molar-refractivity contribution in [1.29, 1.82) is 0 Å². The number of nitrogens with zero attached hydrogens (tertiary/aromatic N) is 4. The maximum atomic E-state index is 12.6. The van der Waals surface area contributed by atoms with Crippen molar-refractivity contribution in [3.05, 3.63) is 36.0 Å². The van der Waals surface area contributed by atoms with Crippen molar-refractivity contribution in [2.45, 2.75) is 11.1 Å². The van der Waals surface area contributed by atoms with Crippen molar-refractivity contribution < 1.29 is 17.9 Å². The molecule has 0 aromatic carbocycles. The average molecular weight is 373 g/mol. The van der Waals surface area contributed by atoms with Crippen LogP contribution in [-0.2, 0) is 21.8 Å². The molecule has 1 unspecified atom stereocenters. The van der Waals surface area contributed by atoms with Gasteiger partial charge in [-0.1, -0.05) is 11.6 Å². The number of pyridine rings is 1. The van der Waals surface area contributed by atoms with Gasteiger partial charge in [-0.15, -0.1) is 0 Å². The Labute approximate surface area is 145 Å². The Hall–Kier alpha value is -1.68. The van der Waals surface area contributed by atoms with Gasteiger partial charge in [0.2, 0.25) is 0 Å². The normalized spacial score (nSPS) is 19.3. The van der Waals surface area contributed by atoms with Gasteiger partial charge in [0.05, 0.1) is 12.9 Å². The first-order chi connectivity index (χ1) is 11.5. The van der Waals surface area contributed by atoms with E-state index < -0.39 is 16.1 Å². The molecule has 0 N–H and O–H groups in total. The minimum atomic E-state index is -3.64. The summed E-state index contributed by atoms with van der Waals surface area (Å²) in [6.07, 6.45) is 4.10. The van der Waals surface area contributed by atoms with E-state index in [1.165, 1.54) is 16.8 Å². The van der Waals surface area contributed by atoms with Crippen LogP contribution in [0.2, 0.25) is 5.15 Å². The number of aryl methyl sites for hydroxylation is 1. The predicted octanol–water partition coefficient (Wildman–Crippen LogP) is 0.937. The fraction of sp³-hybridized carbons (Fsp3) is 0.429. The van der Waals surface area contributed by atoms with Gasteiger partial charge in [-0.05, 0) is 12.1 Å². The minimum absolute atomic E-state index is 0.0295. The molecule has 0 radical (unpaired) electrons. The van der Waals surface area contributed by atoms with E-state index in [0.29, 0.717) is 12.4 Å². The average Bonchev–Trinajstić information content (AvgIpc) is 3.02. The molecule has 24 heavy (non-hydrogen) atoms. The molecule has 1 atom stereocenters. The Morgan fingerprint density at radius 2 is 2.29 bits per heavy atom. The fourth-order valence-electron chi connectivity index (χ4n) is 2.33. The zero-order valence-electron chi connectivity index (χ0n) is 13.0. The van der Waals surface area contributed by atoms with E-state index in [2.05, 4.69) is 9.97 Å². The van der Waals surface area contributed by atoms with Gasteiger partial charge >= 0.3 is 0 Å². The molecule has 1 aliphatic rings. The Morgan fingerprint density at radius 3 is 3.00 bits per heavy atom. The lowest BCUT2D eigenvalue weighted by atomic mass is 10.3. The van der Waals surface area contributed by atoms with E-state index in [9.17, 15) is 8.42 Å². The van der Waals surface area contributed by atoms with Crippen LogP contribution < -0.4 is 4.74 Å². The highest BCUT2D eigenvalue weighted by molar-refractivity contribution is 7.89. The molecule has 8 nitrogen and oxygen atoms in total. The van der Waals surface area contributed by atoms with Crippen molar-refractivity contribution in [2.24, 2.45) is 7.05 Å². The summed E-state index contributed by atoms with van der Waals surface area (Å²) in [6.45, 7) is 0.945. The molecule has 0 bridgehead atoms. The first-order valence-corrected chi connectivity index (χ1v) is 9.11. The standard InChI is InChI=1S/C14H17ClN4O4S/c1-18-8-13(17-10-18)24(20,21)19-5-6-22-11(7-19)9-23-12-3-2-4-16-14(12)15/h2-4,8,10-11H,5-7,9H2,1H3. The number of ether oxygens (including phenoxy) is 2. The summed E-state index contributed by atoms with van der Waals surface area (Å²) in [5, 5.41) is 0.285. The summed E-state index contributed by atoms with van der Waals surface area (Å²) >= 11 is 5.93. The lowest BCUT2D eigenvalue weighted by molar-refractivity contribution is -0.0250. The van der Waals surface area contributed by atoms with Gasteiger partial charge in [-0.25, -0.2) is 18.4 Å². The third-order valence-electron chi connectivity index (χ3n) is 3.54. The van der Waals surface area contributed by atoms with E-state index in [4.69, 9.17) is 21.1 Å². The number of hydrogen-bond donors (Lipinski definition) is 0. The van der Waals surface area contributed by atoms with E-state index in [1.54, 1.807) is 29.9 Å². The molecule has 130 valence electrons. The second-order valence-electron chi connectivity index (χ2n) is 5.34.